The van der Waals surface area contributed by atoms with Crippen molar-refractivity contribution in [1.29, 1.82) is 0 Å². The number of aliphatic hydroxyl groups is 1. The van der Waals surface area contributed by atoms with Gasteiger partial charge >= 0.3 is 0 Å². The summed E-state index contributed by atoms with van der Waals surface area (Å²) >= 11 is 0. The van der Waals surface area contributed by atoms with E-state index in [9.17, 15) is 20.1 Å². The third-order valence-electron chi connectivity index (χ3n) is 5.20. The quantitative estimate of drug-likeness (QED) is 0.401. The molecular weight excluding hydrogens is 400 g/mol. The molecule has 160 valence electrons. The molecule has 0 atom stereocenters. The number of hydrogen-bond acceptors (Lipinski definition) is 7. The monoisotopic (exact) mass is 422 g/mol. The summed E-state index contributed by atoms with van der Waals surface area (Å²) in [6.07, 6.45) is 4.64. The summed E-state index contributed by atoms with van der Waals surface area (Å²) in [6.45, 7) is 8.93. The minimum Gasteiger partial charge on any atom is -0.508 e. The standard InChI is InChI=1S/C24H22O7/c1-11(2)6-7-12-19-16(9-14(25)23(12)29-5)30-17-10-15-13(21(27)20(17)22(19)28)8-18(26)24(3,4)31-15/h6-10,25-27H,1H2,2-5H3/b7-6+. The highest BCUT2D eigenvalue weighted by Crippen LogP contribution is 2.44. The van der Waals surface area contributed by atoms with Gasteiger partial charge in [-0.2, -0.15) is 0 Å². The third kappa shape index (κ3) is 3.09. The smallest absolute Gasteiger partial charge is 0.205 e. The molecule has 1 aliphatic heterocycles. The molecule has 3 N–H and O–H groups in total. The summed E-state index contributed by atoms with van der Waals surface area (Å²) in [4.78, 5) is 13.5. The van der Waals surface area contributed by atoms with Crippen LogP contribution in [0.2, 0.25) is 0 Å². The molecule has 4 rings (SSSR count). The molecule has 2 aromatic carbocycles. The van der Waals surface area contributed by atoms with Crippen LogP contribution in [0.15, 0.2) is 45.3 Å². The maximum Gasteiger partial charge on any atom is 0.205 e. The molecule has 7 nitrogen and oxygen atoms in total. The van der Waals surface area contributed by atoms with Crippen LogP contribution in [0.25, 0.3) is 34.1 Å². The van der Waals surface area contributed by atoms with Gasteiger partial charge in [0.2, 0.25) is 5.43 Å². The zero-order valence-corrected chi connectivity index (χ0v) is 17.6. The number of hydrogen-bond donors (Lipinski definition) is 3. The number of aromatic hydroxyl groups is 2. The minimum absolute atomic E-state index is 0.0728. The van der Waals surface area contributed by atoms with E-state index in [4.69, 9.17) is 13.9 Å². The highest BCUT2D eigenvalue weighted by Gasteiger charge is 2.33. The Morgan fingerprint density at radius 1 is 1.16 bits per heavy atom. The second-order valence-corrected chi connectivity index (χ2v) is 7.98. The molecule has 0 fully saturated rings. The lowest BCUT2D eigenvalue weighted by atomic mass is 9.97. The van der Waals surface area contributed by atoms with Crippen molar-refractivity contribution in [2.75, 3.05) is 7.11 Å². The SMILES string of the molecule is C=C(C)/C=C/c1c(OC)c(O)cc2oc3cc4c(c(O)c3c(=O)c12)C=C(O)C(C)(C)O4. The Morgan fingerprint density at radius 3 is 2.48 bits per heavy atom. The predicted octanol–water partition coefficient (Wildman–Crippen LogP) is 5.03. The minimum atomic E-state index is -1.00. The van der Waals surface area contributed by atoms with E-state index < -0.39 is 11.0 Å². The molecule has 3 aromatic rings. The Bertz CT molecular complexity index is 1390. The van der Waals surface area contributed by atoms with Crippen LogP contribution in [0.4, 0.5) is 0 Å². The number of phenols is 2. The van der Waals surface area contributed by atoms with E-state index in [1.807, 2.05) is 0 Å². The number of ether oxygens (including phenoxy) is 2. The maximum absolute atomic E-state index is 13.5. The molecule has 0 aliphatic carbocycles. The summed E-state index contributed by atoms with van der Waals surface area (Å²) in [5, 5.41) is 31.6. The van der Waals surface area contributed by atoms with Crippen LogP contribution in [-0.4, -0.2) is 28.0 Å². The lowest BCUT2D eigenvalue weighted by molar-refractivity contribution is 0.0933. The fourth-order valence-corrected chi connectivity index (χ4v) is 3.60. The van der Waals surface area contributed by atoms with Gasteiger partial charge in [0.1, 0.15) is 33.8 Å². The molecule has 0 radical (unpaired) electrons. The number of phenolic OH excluding ortho intramolecular Hbond substituents is 2. The lowest BCUT2D eigenvalue weighted by Crippen LogP contribution is -2.33. The van der Waals surface area contributed by atoms with Crippen molar-refractivity contribution in [3.63, 3.8) is 0 Å². The van der Waals surface area contributed by atoms with E-state index in [-0.39, 0.29) is 56.3 Å². The van der Waals surface area contributed by atoms with Gasteiger partial charge in [-0.3, -0.25) is 4.79 Å². The number of rotatable bonds is 3. The van der Waals surface area contributed by atoms with E-state index in [1.54, 1.807) is 32.9 Å². The zero-order valence-electron chi connectivity index (χ0n) is 17.6. The first-order valence-electron chi connectivity index (χ1n) is 9.55. The Labute approximate surface area is 177 Å². The van der Waals surface area contributed by atoms with Crippen molar-refractivity contribution < 1.29 is 29.2 Å². The van der Waals surface area contributed by atoms with Crippen LogP contribution in [-0.2, 0) is 0 Å². The van der Waals surface area contributed by atoms with E-state index in [0.717, 1.165) is 5.57 Å². The van der Waals surface area contributed by atoms with E-state index >= 15 is 0 Å². The van der Waals surface area contributed by atoms with Gasteiger partial charge in [-0.1, -0.05) is 18.2 Å². The summed E-state index contributed by atoms with van der Waals surface area (Å²) in [5.41, 5.74) is -0.125. The van der Waals surface area contributed by atoms with Gasteiger partial charge in [0.05, 0.1) is 18.1 Å². The van der Waals surface area contributed by atoms with E-state index in [0.29, 0.717) is 5.56 Å². The number of methoxy groups -OCH3 is 1. The summed E-state index contributed by atoms with van der Waals surface area (Å²) in [7, 11) is 1.38. The van der Waals surface area contributed by atoms with Crippen LogP contribution in [0.3, 0.4) is 0 Å². The van der Waals surface area contributed by atoms with Crippen molar-refractivity contribution in [2.24, 2.45) is 0 Å². The molecule has 7 heteroatoms. The van der Waals surface area contributed by atoms with Crippen molar-refractivity contribution in [3.05, 3.63) is 57.5 Å². The van der Waals surface area contributed by atoms with Crippen LogP contribution < -0.4 is 14.9 Å². The second-order valence-electron chi connectivity index (χ2n) is 7.98. The molecule has 1 aliphatic rings. The highest BCUT2D eigenvalue weighted by atomic mass is 16.5. The first-order valence-corrected chi connectivity index (χ1v) is 9.55. The molecule has 0 amide bonds. The first kappa shape index (κ1) is 20.4. The fourth-order valence-electron chi connectivity index (χ4n) is 3.60. The summed E-state index contributed by atoms with van der Waals surface area (Å²) in [5.74, 6) is -0.304. The predicted molar refractivity (Wildman–Crippen MR) is 119 cm³/mol. The second kappa shape index (κ2) is 6.84. The molecule has 31 heavy (non-hydrogen) atoms. The van der Waals surface area contributed by atoms with Gasteiger partial charge in [0.15, 0.2) is 17.1 Å². The molecule has 0 saturated carbocycles. The van der Waals surface area contributed by atoms with Crippen molar-refractivity contribution in [3.8, 4) is 23.0 Å². The fraction of sp³-hybridized carbons (Fsp3) is 0.208. The number of aliphatic hydroxyl groups excluding tert-OH is 1. The molecular formula is C24H22O7. The van der Waals surface area contributed by atoms with Gasteiger partial charge in [-0.25, -0.2) is 0 Å². The Kier molecular flexibility index (Phi) is 4.50. The largest absolute Gasteiger partial charge is 0.508 e. The van der Waals surface area contributed by atoms with Crippen molar-refractivity contribution in [2.45, 2.75) is 26.4 Å². The number of fused-ring (bicyclic) bond motifs is 3. The Balaban J connectivity index is 2.16. The van der Waals surface area contributed by atoms with Crippen molar-refractivity contribution >= 4 is 34.1 Å². The lowest BCUT2D eigenvalue weighted by Gasteiger charge is -2.30. The normalized spacial score (nSPS) is 15.0. The highest BCUT2D eigenvalue weighted by molar-refractivity contribution is 6.01. The first-order chi connectivity index (χ1) is 14.5. The van der Waals surface area contributed by atoms with E-state index in [1.165, 1.54) is 25.3 Å². The van der Waals surface area contributed by atoms with Gasteiger partial charge in [-0.15, -0.1) is 0 Å². The molecule has 1 aromatic heterocycles. The maximum atomic E-state index is 13.5. The summed E-state index contributed by atoms with van der Waals surface area (Å²) in [6, 6.07) is 2.78. The van der Waals surface area contributed by atoms with Gasteiger partial charge in [-0.05, 0) is 32.9 Å². The Morgan fingerprint density at radius 2 is 1.84 bits per heavy atom. The van der Waals surface area contributed by atoms with Crippen LogP contribution in [0.1, 0.15) is 31.9 Å². The van der Waals surface area contributed by atoms with Gasteiger partial charge in [0.25, 0.3) is 0 Å². The zero-order chi connectivity index (χ0) is 22.7. The van der Waals surface area contributed by atoms with Crippen molar-refractivity contribution in [1.82, 2.24) is 0 Å². The number of benzene rings is 2. The molecule has 0 saturated heterocycles. The van der Waals surface area contributed by atoms with E-state index in [2.05, 4.69) is 6.58 Å². The average molecular weight is 422 g/mol. The topological polar surface area (TPSA) is 109 Å². The van der Waals surface area contributed by atoms with Gasteiger partial charge < -0.3 is 29.2 Å². The molecule has 0 bridgehead atoms. The Hall–Kier alpha value is -3.87. The summed E-state index contributed by atoms with van der Waals surface area (Å²) < 4.78 is 17.0. The molecule has 0 spiro atoms. The molecule has 0 unspecified atom stereocenters. The van der Waals surface area contributed by atoms with Crippen LogP contribution in [0, 0.1) is 0 Å². The number of allylic oxidation sites excluding steroid dienone is 2. The van der Waals surface area contributed by atoms with Crippen LogP contribution in [0.5, 0.6) is 23.0 Å². The van der Waals surface area contributed by atoms with Crippen LogP contribution >= 0.6 is 0 Å². The third-order valence-corrected chi connectivity index (χ3v) is 5.20. The molecule has 2 heterocycles. The van der Waals surface area contributed by atoms with Gasteiger partial charge in [0, 0.05) is 17.7 Å². The average Bonchev–Trinajstić information content (AvgIpc) is 2.67.